The van der Waals surface area contributed by atoms with E-state index in [9.17, 15) is 8.78 Å². The van der Waals surface area contributed by atoms with E-state index in [-0.39, 0.29) is 11.5 Å². The molecule has 0 saturated carbocycles. The van der Waals surface area contributed by atoms with Crippen LogP contribution in [-0.2, 0) is 6.54 Å². The number of hydrogen-bond donors (Lipinski definition) is 1. The normalized spacial score (nSPS) is 10.4. The lowest BCUT2D eigenvalue weighted by atomic mass is 10.2. The van der Waals surface area contributed by atoms with Gasteiger partial charge in [0.05, 0.1) is 11.4 Å². The number of hydrogen-bond acceptors (Lipinski definition) is 2. The van der Waals surface area contributed by atoms with Crippen molar-refractivity contribution in [3.8, 4) is 0 Å². The predicted octanol–water partition coefficient (Wildman–Crippen LogP) is 3.18. The largest absolute Gasteiger partial charge is 0.395 e. The van der Waals surface area contributed by atoms with Crippen LogP contribution in [0.25, 0.3) is 0 Å². The van der Waals surface area contributed by atoms with Crippen LogP contribution in [0.15, 0.2) is 42.5 Å². The molecule has 94 valence electrons. The van der Waals surface area contributed by atoms with E-state index in [0.29, 0.717) is 12.2 Å². The molecule has 0 atom stereocenters. The summed E-state index contributed by atoms with van der Waals surface area (Å²) in [5, 5.41) is 0. The molecule has 0 amide bonds. The van der Waals surface area contributed by atoms with Gasteiger partial charge < -0.3 is 10.6 Å². The number of benzene rings is 2. The van der Waals surface area contributed by atoms with Crippen molar-refractivity contribution in [3.05, 3.63) is 59.7 Å². The topological polar surface area (TPSA) is 29.3 Å². The second-order valence-corrected chi connectivity index (χ2v) is 4.16. The van der Waals surface area contributed by atoms with Crippen molar-refractivity contribution in [2.45, 2.75) is 6.54 Å². The van der Waals surface area contributed by atoms with E-state index in [1.54, 1.807) is 30.1 Å². The fourth-order valence-corrected chi connectivity index (χ4v) is 1.85. The summed E-state index contributed by atoms with van der Waals surface area (Å²) in [5.74, 6) is -0.730. The Balaban J connectivity index is 2.22. The molecule has 0 bridgehead atoms. The Morgan fingerprint density at radius 3 is 2.56 bits per heavy atom. The van der Waals surface area contributed by atoms with Crippen LogP contribution in [0.4, 0.5) is 20.2 Å². The van der Waals surface area contributed by atoms with Gasteiger partial charge in [-0.1, -0.05) is 18.2 Å². The molecule has 0 unspecified atom stereocenters. The van der Waals surface area contributed by atoms with Crippen LogP contribution in [0.1, 0.15) is 5.56 Å². The van der Waals surface area contributed by atoms with Crippen molar-refractivity contribution < 1.29 is 8.78 Å². The summed E-state index contributed by atoms with van der Waals surface area (Å²) in [6.45, 7) is 0.464. The number of nitrogen functional groups attached to an aromatic ring is 1. The van der Waals surface area contributed by atoms with Crippen molar-refractivity contribution in [1.29, 1.82) is 0 Å². The molecule has 0 fully saturated rings. The van der Waals surface area contributed by atoms with Crippen molar-refractivity contribution >= 4 is 11.4 Å². The van der Waals surface area contributed by atoms with E-state index in [1.807, 2.05) is 6.07 Å². The van der Waals surface area contributed by atoms with Gasteiger partial charge >= 0.3 is 0 Å². The van der Waals surface area contributed by atoms with Crippen LogP contribution in [0.3, 0.4) is 0 Å². The lowest BCUT2D eigenvalue weighted by Gasteiger charge is -2.21. The van der Waals surface area contributed by atoms with Crippen LogP contribution < -0.4 is 10.6 Å². The summed E-state index contributed by atoms with van der Waals surface area (Å²) in [5.41, 5.74) is 7.19. The minimum atomic E-state index is -0.446. The summed E-state index contributed by atoms with van der Waals surface area (Å²) >= 11 is 0. The highest BCUT2D eigenvalue weighted by atomic mass is 19.1. The van der Waals surface area contributed by atoms with E-state index in [4.69, 9.17) is 5.73 Å². The summed E-state index contributed by atoms with van der Waals surface area (Å²) < 4.78 is 26.4. The average Bonchev–Trinajstić information content (AvgIpc) is 2.32. The Labute approximate surface area is 105 Å². The highest BCUT2D eigenvalue weighted by Gasteiger charge is 2.09. The third kappa shape index (κ3) is 2.59. The Hall–Kier alpha value is -2.10. The van der Waals surface area contributed by atoms with Crippen molar-refractivity contribution in [2.24, 2.45) is 0 Å². The third-order valence-electron chi connectivity index (χ3n) is 2.75. The molecular formula is C14H14F2N2. The van der Waals surface area contributed by atoms with Crippen molar-refractivity contribution in [1.82, 2.24) is 0 Å². The van der Waals surface area contributed by atoms with Crippen LogP contribution in [0, 0.1) is 11.6 Å². The molecule has 0 aliphatic carbocycles. The average molecular weight is 248 g/mol. The number of halogens is 2. The van der Waals surface area contributed by atoms with Gasteiger partial charge in [0, 0.05) is 13.6 Å². The summed E-state index contributed by atoms with van der Waals surface area (Å²) in [6, 6.07) is 10.9. The van der Waals surface area contributed by atoms with E-state index < -0.39 is 5.82 Å². The first-order chi connectivity index (χ1) is 8.58. The lowest BCUT2D eigenvalue weighted by Crippen LogP contribution is -2.18. The standard InChI is InChI=1S/C14H14F2N2/c1-18(9-10-4-2-5-11(15)8-10)13-7-3-6-12(16)14(13)17/h2-8H,9,17H2,1H3. The molecule has 0 aliphatic rings. The van der Waals surface area contributed by atoms with Gasteiger partial charge in [0.15, 0.2) is 0 Å². The molecule has 4 heteroatoms. The van der Waals surface area contributed by atoms with Gasteiger partial charge in [-0.25, -0.2) is 8.78 Å². The van der Waals surface area contributed by atoms with Gasteiger partial charge in [-0.3, -0.25) is 0 Å². The maximum Gasteiger partial charge on any atom is 0.148 e. The maximum atomic E-state index is 13.3. The van der Waals surface area contributed by atoms with Gasteiger partial charge in [0.2, 0.25) is 0 Å². The van der Waals surface area contributed by atoms with E-state index in [1.165, 1.54) is 18.2 Å². The third-order valence-corrected chi connectivity index (χ3v) is 2.75. The van der Waals surface area contributed by atoms with Crippen molar-refractivity contribution in [3.63, 3.8) is 0 Å². The molecule has 2 N–H and O–H groups in total. The van der Waals surface area contributed by atoms with Gasteiger partial charge in [0.1, 0.15) is 11.6 Å². The molecule has 2 aromatic rings. The number of nitrogens with two attached hydrogens (primary N) is 1. The number of anilines is 2. The van der Waals surface area contributed by atoms with E-state index in [2.05, 4.69) is 0 Å². The lowest BCUT2D eigenvalue weighted by molar-refractivity contribution is 0.624. The Morgan fingerprint density at radius 2 is 1.83 bits per heavy atom. The van der Waals surface area contributed by atoms with Gasteiger partial charge in [-0.05, 0) is 29.8 Å². The zero-order valence-electron chi connectivity index (χ0n) is 10.0. The van der Waals surface area contributed by atoms with Crippen LogP contribution in [-0.4, -0.2) is 7.05 Å². The van der Waals surface area contributed by atoms with Gasteiger partial charge in [0.25, 0.3) is 0 Å². The Bertz CT molecular complexity index is 555. The number of rotatable bonds is 3. The SMILES string of the molecule is CN(Cc1cccc(F)c1)c1cccc(F)c1N. The Kier molecular flexibility index (Phi) is 3.46. The molecule has 2 rings (SSSR count). The Morgan fingerprint density at radius 1 is 1.11 bits per heavy atom. The van der Waals surface area contributed by atoms with Crippen LogP contribution >= 0.6 is 0 Å². The molecule has 2 aromatic carbocycles. The fourth-order valence-electron chi connectivity index (χ4n) is 1.85. The van der Waals surface area contributed by atoms with Crippen molar-refractivity contribution in [2.75, 3.05) is 17.7 Å². The highest BCUT2D eigenvalue weighted by molar-refractivity contribution is 5.67. The van der Waals surface area contributed by atoms with Gasteiger partial charge in [-0.15, -0.1) is 0 Å². The molecule has 0 saturated heterocycles. The van der Waals surface area contributed by atoms with E-state index >= 15 is 0 Å². The second kappa shape index (κ2) is 5.04. The fraction of sp³-hybridized carbons (Fsp3) is 0.143. The molecule has 18 heavy (non-hydrogen) atoms. The molecule has 0 aliphatic heterocycles. The molecule has 2 nitrogen and oxygen atoms in total. The first-order valence-corrected chi connectivity index (χ1v) is 5.57. The maximum absolute atomic E-state index is 13.3. The number of nitrogens with zero attached hydrogens (tertiary/aromatic N) is 1. The second-order valence-electron chi connectivity index (χ2n) is 4.16. The minimum Gasteiger partial charge on any atom is -0.395 e. The summed E-state index contributed by atoms with van der Waals surface area (Å²) in [4.78, 5) is 1.78. The molecule has 0 aromatic heterocycles. The zero-order valence-corrected chi connectivity index (χ0v) is 10.0. The predicted molar refractivity (Wildman–Crippen MR) is 69.3 cm³/mol. The summed E-state index contributed by atoms with van der Waals surface area (Å²) in [6.07, 6.45) is 0. The molecule has 0 radical (unpaired) electrons. The minimum absolute atomic E-state index is 0.108. The first-order valence-electron chi connectivity index (χ1n) is 5.57. The van der Waals surface area contributed by atoms with Gasteiger partial charge in [-0.2, -0.15) is 0 Å². The van der Waals surface area contributed by atoms with Crippen LogP contribution in [0.5, 0.6) is 0 Å². The quantitative estimate of drug-likeness (QED) is 0.845. The first kappa shape index (κ1) is 12.4. The number of para-hydroxylation sites is 1. The molecule has 0 heterocycles. The molecular weight excluding hydrogens is 234 g/mol. The highest BCUT2D eigenvalue weighted by Crippen LogP contribution is 2.25. The van der Waals surface area contributed by atoms with E-state index in [0.717, 1.165) is 5.56 Å². The zero-order chi connectivity index (χ0) is 13.1. The molecule has 0 spiro atoms. The van der Waals surface area contributed by atoms with Crippen LogP contribution in [0.2, 0.25) is 0 Å². The monoisotopic (exact) mass is 248 g/mol. The summed E-state index contributed by atoms with van der Waals surface area (Å²) in [7, 11) is 1.79. The smallest absolute Gasteiger partial charge is 0.148 e.